The van der Waals surface area contributed by atoms with Gasteiger partial charge in [0.05, 0.1) is 15.6 Å². The third-order valence-corrected chi connectivity index (χ3v) is 4.91. The largest absolute Gasteiger partial charge is 0.375 e. The number of carbonyl (C=O) groups excluding carboxylic acids is 2. The Morgan fingerprint density at radius 3 is 2.63 bits per heavy atom. The minimum atomic E-state index is -0.746. The van der Waals surface area contributed by atoms with Gasteiger partial charge in [0.1, 0.15) is 0 Å². The number of benzene rings is 2. The average Bonchev–Trinajstić information content (AvgIpc) is 2.65. The molecule has 142 valence electrons. The fraction of sp³-hybridized carbons (Fsp3) is 0.222. The van der Waals surface area contributed by atoms with E-state index in [9.17, 15) is 19.7 Å². The Morgan fingerprint density at radius 1 is 1.26 bits per heavy atom. The molecule has 2 rings (SSSR count). The van der Waals surface area contributed by atoms with E-state index in [0.717, 1.165) is 30.1 Å². The van der Waals surface area contributed by atoms with Crippen LogP contribution in [0, 0.1) is 10.1 Å². The van der Waals surface area contributed by atoms with Crippen LogP contribution >= 0.6 is 11.8 Å². The van der Waals surface area contributed by atoms with E-state index in [2.05, 4.69) is 5.32 Å². The standard InChI is InChI=1S/C18H20N4O4S/c1-3-21(2)14-6-4-5-13(10-14)20-17(23)11-27-16-8-7-12(18(19)24)9-15(16)22(25)26/h4-10H,3,11H2,1-2H3,(H2,19,24)(H,20,23). The van der Waals surface area contributed by atoms with E-state index in [1.807, 2.05) is 37.1 Å². The first kappa shape index (κ1) is 20.2. The van der Waals surface area contributed by atoms with Crippen molar-refractivity contribution in [3.8, 4) is 0 Å². The van der Waals surface area contributed by atoms with E-state index >= 15 is 0 Å². The van der Waals surface area contributed by atoms with Gasteiger partial charge in [0.25, 0.3) is 5.69 Å². The van der Waals surface area contributed by atoms with Gasteiger partial charge >= 0.3 is 0 Å². The van der Waals surface area contributed by atoms with Crippen molar-refractivity contribution in [3.63, 3.8) is 0 Å². The van der Waals surface area contributed by atoms with Crippen LogP contribution in [0.5, 0.6) is 0 Å². The molecule has 3 N–H and O–H groups in total. The van der Waals surface area contributed by atoms with Crippen molar-refractivity contribution in [3.05, 3.63) is 58.1 Å². The summed E-state index contributed by atoms with van der Waals surface area (Å²) in [7, 11) is 1.95. The molecule has 0 aliphatic heterocycles. The summed E-state index contributed by atoms with van der Waals surface area (Å²) in [6, 6.07) is 11.4. The SMILES string of the molecule is CCN(C)c1cccc(NC(=O)CSc2ccc(C(N)=O)cc2[N+](=O)[O-])c1. The summed E-state index contributed by atoms with van der Waals surface area (Å²) in [5.74, 6) is -1.04. The molecule has 2 aromatic rings. The first-order chi connectivity index (χ1) is 12.8. The molecule has 0 atom stereocenters. The maximum Gasteiger partial charge on any atom is 0.283 e. The van der Waals surface area contributed by atoms with Crippen molar-refractivity contribution in [1.82, 2.24) is 0 Å². The maximum absolute atomic E-state index is 12.2. The molecule has 0 aliphatic rings. The van der Waals surface area contributed by atoms with E-state index in [-0.39, 0.29) is 22.9 Å². The molecule has 0 unspecified atom stereocenters. The third kappa shape index (κ3) is 5.45. The molecule has 0 bridgehead atoms. The van der Waals surface area contributed by atoms with E-state index in [1.54, 1.807) is 6.07 Å². The van der Waals surface area contributed by atoms with Crippen molar-refractivity contribution >= 4 is 40.6 Å². The molecule has 2 amide bonds. The van der Waals surface area contributed by atoms with Gasteiger partial charge in [-0.15, -0.1) is 11.8 Å². The molecule has 8 nitrogen and oxygen atoms in total. The van der Waals surface area contributed by atoms with Gasteiger partial charge in [-0.25, -0.2) is 0 Å². The summed E-state index contributed by atoms with van der Waals surface area (Å²) in [5.41, 5.74) is 6.57. The quantitative estimate of drug-likeness (QED) is 0.408. The highest BCUT2D eigenvalue weighted by molar-refractivity contribution is 8.00. The number of primary amides is 1. The van der Waals surface area contributed by atoms with E-state index in [1.165, 1.54) is 12.1 Å². The van der Waals surface area contributed by atoms with Crippen LogP contribution in [0.2, 0.25) is 0 Å². The smallest absolute Gasteiger partial charge is 0.283 e. The second kappa shape index (κ2) is 9.04. The molecule has 0 radical (unpaired) electrons. The number of hydrogen-bond donors (Lipinski definition) is 2. The molecule has 9 heteroatoms. The van der Waals surface area contributed by atoms with Crippen LogP contribution in [0.3, 0.4) is 0 Å². The monoisotopic (exact) mass is 388 g/mol. The van der Waals surface area contributed by atoms with Crippen molar-refractivity contribution < 1.29 is 14.5 Å². The fourth-order valence-corrected chi connectivity index (χ4v) is 3.08. The summed E-state index contributed by atoms with van der Waals surface area (Å²) >= 11 is 1.02. The van der Waals surface area contributed by atoms with Crippen molar-refractivity contribution in [1.29, 1.82) is 0 Å². The second-order valence-corrected chi connectivity index (χ2v) is 6.72. The van der Waals surface area contributed by atoms with Gasteiger partial charge in [-0.05, 0) is 37.3 Å². The van der Waals surface area contributed by atoms with Gasteiger partial charge < -0.3 is 16.0 Å². The summed E-state index contributed by atoms with van der Waals surface area (Å²) in [6.07, 6.45) is 0. The molecule has 2 aromatic carbocycles. The number of nitrogens with one attached hydrogen (secondary N) is 1. The highest BCUT2D eigenvalue weighted by Gasteiger charge is 2.18. The molecule has 0 spiro atoms. The van der Waals surface area contributed by atoms with Crippen LogP contribution < -0.4 is 16.0 Å². The van der Waals surface area contributed by atoms with Gasteiger partial charge in [0.2, 0.25) is 11.8 Å². The predicted octanol–water partition coefficient (Wildman–Crippen LogP) is 2.88. The first-order valence-corrected chi connectivity index (χ1v) is 9.12. The molecular formula is C18H20N4O4S. The Morgan fingerprint density at radius 2 is 2.00 bits per heavy atom. The van der Waals surface area contributed by atoms with Crippen molar-refractivity contribution in [2.75, 3.05) is 29.6 Å². The number of nitrogens with two attached hydrogens (primary N) is 1. The van der Waals surface area contributed by atoms with Crippen LogP contribution in [0.4, 0.5) is 17.1 Å². The number of nitrogens with zero attached hydrogens (tertiary/aromatic N) is 2. The minimum absolute atomic E-state index is 0.00932. The number of thioether (sulfide) groups is 1. The van der Waals surface area contributed by atoms with Crippen LogP contribution in [-0.2, 0) is 4.79 Å². The van der Waals surface area contributed by atoms with Gasteiger partial charge in [-0.3, -0.25) is 19.7 Å². The Balaban J connectivity index is 2.05. The molecular weight excluding hydrogens is 368 g/mol. The van der Waals surface area contributed by atoms with E-state index < -0.39 is 10.8 Å². The van der Waals surface area contributed by atoms with Crippen LogP contribution in [0.15, 0.2) is 47.4 Å². The predicted molar refractivity (Wildman–Crippen MR) is 106 cm³/mol. The molecule has 0 aromatic heterocycles. The Bertz CT molecular complexity index is 872. The van der Waals surface area contributed by atoms with Crippen molar-refractivity contribution in [2.45, 2.75) is 11.8 Å². The lowest BCUT2D eigenvalue weighted by molar-refractivity contribution is -0.387. The van der Waals surface area contributed by atoms with Crippen LogP contribution in [0.25, 0.3) is 0 Å². The summed E-state index contributed by atoms with van der Waals surface area (Å²) < 4.78 is 0. The van der Waals surface area contributed by atoms with E-state index in [4.69, 9.17) is 5.73 Å². The average molecular weight is 388 g/mol. The zero-order valence-electron chi connectivity index (χ0n) is 15.0. The van der Waals surface area contributed by atoms with Crippen LogP contribution in [-0.4, -0.2) is 36.1 Å². The molecule has 0 heterocycles. The molecule has 0 fully saturated rings. The summed E-state index contributed by atoms with van der Waals surface area (Å²) in [4.78, 5) is 36.3. The number of rotatable bonds is 8. The zero-order chi connectivity index (χ0) is 20.0. The summed E-state index contributed by atoms with van der Waals surface area (Å²) in [6.45, 7) is 2.86. The highest BCUT2D eigenvalue weighted by atomic mass is 32.2. The lowest BCUT2D eigenvalue weighted by Crippen LogP contribution is -2.17. The number of amides is 2. The number of carbonyl (C=O) groups is 2. The van der Waals surface area contributed by atoms with Crippen LogP contribution in [0.1, 0.15) is 17.3 Å². The van der Waals surface area contributed by atoms with Gasteiger partial charge in [0, 0.05) is 36.6 Å². The Kier molecular flexibility index (Phi) is 6.78. The zero-order valence-corrected chi connectivity index (χ0v) is 15.8. The topological polar surface area (TPSA) is 119 Å². The molecule has 0 saturated heterocycles. The Hall–Kier alpha value is -3.07. The van der Waals surface area contributed by atoms with Gasteiger partial charge in [-0.2, -0.15) is 0 Å². The lowest BCUT2D eigenvalue weighted by atomic mass is 10.2. The molecule has 0 aliphatic carbocycles. The molecule has 0 saturated carbocycles. The van der Waals surface area contributed by atoms with Gasteiger partial charge in [-0.1, -0.05) is 6.07 Å². The molecule has 27 heavy (non-hydrogen) atoms. The normalized spacial score (nSPS) is 10.3. The maximum atomic E-state index is 12.2. The fourth-order valence-electron chi connectivity index (χ4n) is 2.28. The first-order valence-electron chi connectivity index (χ1n) is 8.14. The number of nitro benzene ring substituents is 1. The second-order valence-electron chi connectivity index (χ2n) is 5.71. The number of anilines is 2. The highest BCUT2D eigenvalue weighted by Crippen LogP contribution is 2.30. The van der Waals surface area contributed by atoms with E-state index in [0.29, 0.717) is 10.6 Å². The third-order valence-electron chi connectivity index (χ3n) is 3.84. The summed E-state index contributed by atoms with van der Waals surface area (Å²) in [5, 5.41) is 14.0. The lowest BCUT2D eigenvalue weighted by Gasteiger charge is -2.17. The number of hydrogen-bond acceptors (Lipinski definition) is 6. The van der Waals surface area contributed by atoms with Crippen molar-refractivity contribution in [2.24, 2.45) is 5.73 Å². The Labute approximate surface area is 160 Å². The number of nitro groups is 1. The van der Waals surface area contributed by atoms with Gasteiger partial charge in [0.15, 0.2) is 0 Å². The minimum Gasteiger partial charge on any atom is -0.375 e.